The second kappa shape index (κ2) is 6.67. The first-order chi connectivity index (χ1) is 15.2. The van der Waals surface area contributed by atoms with E-state index in [-0.39, 0.29) is 5.82 Å². The third-order valence-corrected chi connectivity index (χ3v) is 5.55. The lowest BCUT2D eigenvalue weighted by Gasteiger charge is -2.07. The van der Waals surface area contributed by atoms with E-state index < -0.39 is 0 Å². The van der Waals surface area contributed by atoms with Gasteiger partial charge in [-0.05, 0) is 54.6 Å². The van der Waals surface area contributed by atoms with Crippen LogP contribution < -0.4 is 4.74 Å². The van der Waals surface area contributed by atoms with E-state index in [0.29, 0.717) is 22.6 Å². The van der Waals surface area contributed by atoms with E-state index in [1.54, 1.807) is 13.2 Å². The van der Waals surface area contributed by atoms with Gasteiger partial charge in [0.05, 0.1) is 29.4 Å². The Hall–Kier alpha value is -4.19. The summed E-state index contributed by atoms with van der Waals surface area (Å²) in [5, 5.41) is 2.16. The minimum absolute atomic E-state index is 0.304. The highest BCUT2D eigenvalue weighted by Gasteiger charge is 2.16. The lowest BCUT2D eigenvalue weighted by Crippen LogP contribution is -1.92. The van der Waals surface area contributed by atoms with Crippen LogP contribution >= 0.6 is 0 Å². The molecule has 0 aliphatic carbocycles. The molecule has 2 N–H and O–H groups in total. The second-order valence-corrected chi connectivity index (χ2v) is 7.42. The van der Waals surface area contributed by atoms with Crippen LogP contribution in [-0.2, 0) is 0 Å². The van der Waals surface area contributed by atoms with Gasteiger partial charge in [0, 0.05) is 21.9 Å². The van der Waals surface area contributed by atoms with Crippen molar-refractivity contribution in [1.82, 2.24) is 19.9 Å². The molecule has 0 aliphatic heterocycles. The highest BCUT2D eigenvalue weighted by Crippen LogP contribution is 2.35. The number of H-pyrrole nitrogens is 2. The number of aromatic nitrogens is 4. The molecule has 6 heteroatoms. The average molecular weight is 408 g/mol. The summed E-state index contributed by atoms with van der Waals surface area (Å²) < 4.78 is 19.0. The van der Waals surface area contributed by atoms with Crippen LogP contribution in [0.1, 0.15) is 0 Å². The Labute approximate surface area is 176 Å². The maximum atomic E-state index is 13.7. The second-order valence-electron chi connectivity index (χ2n) is 7.42. The Morgan fingerprint density at radius 3 is 2.48 bits per heavy atom. The first-order valence-electron chi connectivity index (χ1n) is 9.91. The molecule has 31 heavy (non-hydrogen) atoms. The first kappa shape index (κ1) is 17.7. The summed E-state index contributed by atoms with van der Waals surface area (Å²) in [4.78, 5) is 16.3. The normalized spacial score (nSPS) is 11.5. The molecule has 5 nitrogen and oxygen atoms in total. The Morgan fingerprint density at radius 1 is 0.806 bits per heavy atom. The standard InChI is InChI=1S/C25H17FN4O/c1-31-16-9-6-14(7-10-16)23-24-18(17-4-2-3-5-19(17)27-24)13-22(28-23)25-29-20-11-8-15(26)12-21(20)30-25/h2-13,27H,1H3,(H,29,30). The number of hydrogen-bond donors (Lipinski definition) is 2. The Kier molecular flexibility index (Phi) is 3.80. The number of para-hydroxylation sites is 1. The number of rotatable bonds is 3. The number of benzene rings is 3. The third kappa shape index (κ3) is 2.84. The molecule has 3 aromatic carbocycles. The van der Waals surface area contributed by atoms with Gasteiger partial charge in [-0.15, -0.1) is 0 Å². The van der Waals surface area contributed by atoms with Gasteiger partial charge in [-0.25, -0.2) is 14.4 Å². The minimum atomic E-state index is -0.304. The van der Waals surface area contributed by atoms with E-state index in [4.69, 9.17) is 9.72 Å². The fourth-order valence-corrected chi connectivity index (χ4v) is 4.03. The smallest absolute Gasteiger partial charge is 0.157 e. The molecule has 0 unspecified atom stereocenters. The molecular weight excluding hydrogens is 391 g/mol. The van der Waals surface area contributed by atoms with Gasteiger partial charge in [0.2, 0.25) is 0 Å². The summed E-state index contributed by atoms with van der Waals surface area (Å²) in [5.74, 6) is 1.08. The number of halogens is 1. The number of imidazole rings is 1. The van der Waals surface area contributed by atoms with Crippen LogP contribution in [0.3, 0.4) is 0 Å². The maximum absolute atomic E-state index is 13.7. The molecule has 0 spiro atoms. The number of nitrogens with one attached hydrogen (secondary N) is 2. The van der Waals surface area contributed by atoms with E-state index in [1.165, 1.54) is 12.1 Å². The lowest BCUT2D eigenvalue weighted by molar-refractivity contribution is 0.415. The van der Waals surface area contributed by atoms with E-state index in [0.717, 1.165) is 38.8 Å². The number of methoxy groups -OCH3 is 1. The number of hydrogen-bond acceptors (Lipinski definition) is 3. The number of fused-ring (bicyclic) bond motifs is 4. The molecule has 150 valence electrons. The predicted octanol–water partition coefficient (Wildman–Crippen LogP) is 6.07. The number of nitrogens with zero attached hydrogens (tertiary/aromatic N) is 2. The van der Waals surface area contributed by atoms with Gasteiger partial charge in [-0.2, -0.15) is 0 Å². The highest BCUT2D eigenvalue weighted by molar-refractivity contribution is 6.12. The van der Waals surface area contributed by atoms with Crippen molar-refractivity contribution in [3.63, 3.8) is 0 Å². The molecule has 0 aliphatic rings. The van der Waals surface area contributed by atoms with E-state index in [1.807, 2.05) is 42.5 Å². The first-order valence-corrected chi connectivity index (χ1v) is 9.91. The zero-order valence-corrected chi connectivity index (χ0v) is 16.6. The molecule has 6 aromatic rings. The highest BCUT2D eigenvalue weighted by atomic mass is 19.1. The van der Waals surface area contributed by atoms with Crippen LogP contribution in [0.25, 0.3) is 55.6 Å². The molecule has 0 amide bonds. The molecule has 0 bridgehead atoms. The molecular formula is C25H17FN4O. The number of aromatic amines is 2. The summed E-state index contributed by atoms with van der Waals surface area (Å²) >= 11 is 0. The number of pyridine rings is 1. The van der Waals surface area contributed by atoms with Gasteiger partial charge in [0.1, 0.15) is 17.3 Å². The topological polar surface area (TPSA) is 66.6 Å². The van der Waals surface area contributed by atoms with E-state index >= 15 is 0 Å². The van der Waals surface area contributed by atoms with Crippen molar-refractivity contribution in [2.45, 2.75) is 0 Å². The van der Waals surface area contributed by atoms with Crippen molar-refractivity contribution in [2.24, 2.45) is 0 Å². The lowest BCUT2D eigenvalue weighted by atomic mass is 10.1. The van der Waals surface area contributed by atoms with Crippen LogP contribution in [0.2, 0.25) is 0 Å². The molecule has 0 radical (unpaired) electrons. The Bertz CT molecular complexity index is 1580. The van der Waals surface area contributed by atoms with Crippen LogP contribution in [0.4, 0.5) is 4.39 Å². The largest absolute Gasteiger partial charge is 0.497 e. The SMILES string of the molecule is COc1ccc(-c2nc(-c3nc4ccc(F)cc4[nH]3)cc3c2[nH]c2ccccc23)cc1. The van der Waals surface area contributed by atoms with Crippen molar-refractivity contribution < 1.29 is 9.13 Å². The molecule has 0 fully saturated rings. The van der Waals surface area contributed by atoms with Gasteiger partial charge in [0.15, 0.2) is 5.82 Å². The summed E-state index contributed by atoms with van der Waals surface area (Å²) in [5.41, 5.74) is 5.80. The molecule has 3 aromatic heterocycles. The average Bonchev–Trinajstić information content (AvgIpc) is 3.39. The molecule has 0 saturated heterocycles. The van der Waals surface area contributed by atoms with Gasteiger partial charge in [-0.3, -0.25) is 0 Å². The number of ether oxygens (including phenoxy) is 1. The summed E-state index contributed by atoms with van der Waals surface area (Å²) in [6.45, 7) is 0. The van der Waals surface area contributed by atoms with E-state index in [9.17, 15) is 4.39 Å². The summed E-state index contributed by atoms with van der Waals surface area (Å²) in [7, 11) is 1.65. The van der Waals surface area contributed by atoms with Crippen molar-refractivity contribution in [3.05, 3.63) is 78.6 Å². The Balaban J connectivity index is 1.64. The Morgan fingerprint density at radius 2 is 1.65 bits per heavy atom. The zero-order chi connectivity index (χ0) is 20.9. The van der Waals surface area contributed by atoms with Crippen molar-refractivity contribution >= 4 is 32.8 Å². The summed E-state index contributed by atoms with van der Waals surface area (Å²) in [6, 6.07) is 22.5. The maximum Gasteiger partial charge on any atom is 0.157 e. The van der Waals surface area contributed by atoms with Crippen LogP contribution in [0.5, 0.6) is 5.75 Å². The fourth-order valence-electron chi connectivity index (χ4n) is 4.03. The van der Waals surface area contributed by atoms with Crippen molar-refractivity contribution in [1.29, 1.82) is 0 Å². The van der Waals surface area contributed by atoms with Crippen molar-refractivity contribution in [2.75, 3.05) is 7.11 Å². The monoisotopic (exact) mass is 408 g/mol. The fraction of sp³-hybridized carbons (Fsp3) is 0.0400. The van der Waals surface area contributed by atoms with Crippen LogP contribution in [0, 0.1) is 5.82 Å². The summed E-state index contributed by atoms with van der Waals surface area (Å²) in [6.07, 6.45) is 0. The van der Waals surface area contributed by atoms with Crippen LogP contribution in [0.15, 0.2) is 72.8 Å². The van der Waals surface area contributed by atoms with Gasteiger partial charge < -0.3 is 14.7 Å². The zero-order valence-electron chi connectivity index (χ0n) is 16.6. The van der Waals surface area contributed by atoms with Crippen LogP contribution in [-0.4, -0.2) is 27.0 Å². The molecule has 0 atom stereocenters. The quantitative estimate of drug-likeness (QED) is 0.373. The van der Waals surface area contributed by atoms with Crippen molar-refractivity contribution in [3.8, 4) is 28.5 Å². The van der Waals surface area contributed by atoms with Gasteiger partial charge in [-0.1, -0.05) is 18.2 Å². The van der Waals surface area contributed by atoms with Gasteiger partial charge >= 0.3 is 0 Å². The van der Waals surface area contributed by atoms with E-state index in [2.05, 4.69) is 27.1 Å². The molecule has 3 heterocycles. The molecule has 0 saturated carbocycles. The minimum Gasteiger partial charge on any atom is -0.497 e. The predicted molar refractivity (Wildman–Crippen MR) is 121 cm³/mol. The molecule has 6 rings (SSSR count). The third-order valence-electron chi connectivity index (χ3n) is 5.55. The van der Waals surface area contributed by atoms with Gasteiger partial charge in [0.25, 0.3) is 0 Å².